The monoisotopic (exact) mass is 723 g/mol. The zero-order valence-corrected chi connectivity index (χ0v) is 29.4. The van der Waals surface area contributed by atoms with Crippen LogP contribution in [0.2, 0.25) is 0 Å². The number of carbonyl (C=O) groups excluding carboxylic acids is 2. The Morgan fingerprint density at radius 2 is 1.77 bits per heavy atom. The number of halogens is 1. The van der Waals surface area contributed by atoms with Gasteiger partial charge in [0.15, 0.2) is 18.1 Å². The summed E-state index contributed by atoms with van der Waals surface area (Å²) in [6, 6.07) is 13.3. The average molecular weight is 725 g/mol. The fourth-order valence-electron chi connectivity index (χ4n) is 6.40. The number of fused-ring (bicyclic) bond motifs is 1. The molecule has 1 amide bonds. The summed E-state index contributed by atoms with van der Waals surface area (Å²) in [5, 5.41) is 8.82. The zero-order valence-electron chi connectivity index (χ0n) is 27.0. The summed E-state index contributed by atoms with van der Waals surface area (Å²) in [5.41, 5.74) is 3.05. The molecule has 12 heteroatoms. The largest absolute Gasteiger partial charge is 0.490 e. The van der Waals surface area contributed by atoms with Crippen LogP contribution in [-0.4, -0.2) is 63.9 Å². The lowest BCUT2D eigenvalue weighted by Crippen LogP contribution is -2.38. The molecule has 2 fully saturated rings. The number of ether oxygens (including phenoxy) is 3. The summed E-state index contributed by atoms with van der Waals surface area (Å²) < 4.78 is 20.7. The number of nitrogens with zero attached hydrogens (tertiary/aromatic N) is 4. The number of thioether (sulfide) groups is 1. The summed E-state index contributed by atoms with van der Waals surface area (Å²) in [5.74, 6) is 1.76. The van der Waals surface area contributed by atoms with Gasteiger partial charge in [-0.05, 0) is 98.0 Å². The van der Waals surface area contributed by atoms with Crippen LogP contribution in [0.4, 0.5) is 5.95 Å². The summed E-state index contributed by atoms with van der Waals surface area (Å²) in [6.45, 7) is 5.59. The molecule has 1 atom stereocenters. The third kappa shape index (κ3) is 7.97. The number of likely N-dealkylation sites (tertiary alicyclic amines) is 1. The van der Waals surface area contributed by atoms with Crippen molar-refractivity contribution in [3.63, 3.8) is 0 Å². The predicted molar refractivity (Wildman–Crippen MR) is 185 cm³/mol. The van der Waals surface area contributed by atoms with Gasteiger partial charge in [0.25, 0.3) is 5.91 Å². The highest BCUT2D eigenvalue weighted by molar-refractivity contribution is 9.10. The zero-order chi connectivity index (χ0) is 32.8. The fraction of sp³-hybridized carbons (Fsp3) is 0.486. The second kappa shape index (κ2) is 15.6. The number of esters is 1. The quantitative estimate of drug-likeness (QED) is 0.161. The van der Waals surface area contributed by atoms with E-state index in [0.717, 1.165) is 70.0 Å². The number of nitrogens with one attached hydrogen (secondary N) is 1. The summed E-state index contributed by atoms with van der Waals surface area (Å²) in [7, 11) is 0. The standard InChI is InChI=1S/C35H42BrN5O5S/c1-3-44-28-20-25(19-27(36)32(28)45-21-29(42)40-17-11-6-12-18-40)31-30(33(43)46-26-15-9-5-10-16-26)23(2)37-34-38-35(39-41(31)34)47-22-24-13-7-4-8-14-24/h4,7-8,13-14,19-20,26,31H,3,5-6,9-12,15-18,21-22H2,1-2H3,(H,37,38,39). The first-order chi connectivity index (χ1) is 22.9. The van der Waals surface area contributed by atoms with Crippen LogP contribution in [-0.2, 0) is 20.1 Å². The normalized spacial score (nSPS) is 18.4. The van der Waals surface area contributed by atoms with Crippen LogP contribution < -0.4 is 14.8 Å². The number of aromatic nitrogens is 3. The van der Waals surface area contributed by atoms with Crippen LogP contribution in [0.25, 0.3) is 0 Å². The molecule has 6 rings (SSSR count). The van der Waals surface area contributed by atoms with E-state index in [1.807, 2.05) is 49.1 Å². The predicted octanol–water partition coefficient (Wildman–Crippen LogP) is 7.29. The molecule has 0 radical (unpaired) electrons. The molecule has 10 nitrogen and oxygen atoms in total. The molecule has 1 saturated heterocycles. The van der Waals surface area contributed by atoms with Crippen molar-refractivity contribution < 1.29 is 23.8 Å². The van der Waals surface area contributed by atoms with Crippen LogP contribution in [0.1, 0.15) is 82.4 Å². The maximum Gasteiger partial charge on any atom is 0.338 e. The number of carbonyl (C=O) groups is 2. The number of hydrogen-bond donors (Lipinski definition) is 1. The van der Waals surface area contributed by atoms with Crippen LogP contribution in [0.15, 0.2) is 63.4 Å². The third-order valence-electron chi connectivity index (χ3n) is 8.79. The molecule has 1 aromatic heterocycles. The van der Waals surface area contributed by atoms with Crippen molar-refractivity contribution in [1.82, 2.24) is 19.7 Å². The number of anilines is 1. The number of rotatable bonds is 11. The minimum atomic E-state index is -0.638. The summed E-state index contributed by atoms with van der Waals surface area (Å²) in [4.78, 5) is 33.6. The minimum absolute atomic E-state index is 0.0411. The lowest BCUT2D eigenvalue weighted by atomic mass is 9.94. The van der Waals surface area contributed by atoms with Gasteiger partial charge in [0.05, 0.1) is 16.7 Å². The highest BCUT2D eigenvalue weighted by Gasteiger charge is 2.37. The molecule has 0 spiro atoms. The van der Waals surface area contributed by atoms with Gasteiger partial charge in [-0.25, -0.2) is 9.48 Å². The molecule has 3 heterocycles. The van der Waals surface area contributed by atoms with Gasteiger partial charge in [-0.15, -0.1) is 5.10 Å². The Balaban J connectivity index is 1.33. The molecule has 0 bridgehead atoms. The number of allylic oxidation sites excluding steroid dienone is 1. The third-order valence-corrected chi connectivity index (χ3v) is 10.3. The molecule has 1 N–H and O–H groups in total. The van der Waals surface area contributed by atoms with E-state index in [2.05, 4.69) is 33.4 Å². The molecule has 47 heavy (non-hydrogen) atoms. The second-order valence-electron chi connectivity index (χ2n) is 12.2. The first-order valence-corrected chi connectivity index (χ1v) is 18.4. The molecule has 2 aromatic carbocycles. The molecule has 2 aliphatic heterocycles. The Bertz CT molecular complexity index is 1600. The number of benzene rings is 2. The highest BCUT2D eigenvalue weighted by Crippen LogP contribution is 2.44. The number of piperidine rings is 1. The Kier molecular flexibility index (Phi) is 11.1. The van der Waals surface area contributed by atoms with Crippen LogP contribution >= 0.6 is 27.7 Å². The first-order valence-electron chi connectivity index (χ1n) is 16.6. The molecular formula is C35H42BrN5O5S. The molecule has 1 aliphatic carbocycles. The number of amides is 1. The van der Waals surface area contributed by atoms with E-state index in [1.54, 1.807) is 4.68 Å². The smallest absolute Gasteiger partial charge is 0.338 e. The molecule has 250 valence electrons. The van der Waals surface area contributed by atoms with Gasteiger partial charge in [0, 0.05) is 24.5 Å². The summed E-state index contributed by atoms with van der Waals surface area (Å²) >= 11 is 5.24. The van der Waals surface area contributed by atoms with E-state index in [0.29, 0.717) is 50.7 Å². The van der Waals surface area contributed by atoms with Crippen molar-refractivity contribution in [2.45, 2.75) is 88.3 Å². The van der Waals surface area contributed by atoms with E-state index in [4.69, 9.17) is 24.3 Å². The maximum atomic E-state index is 14.0. The Morgan fingerprint density at radius 3 is 2.51 bits per heavy atom. The average Bonchev–Trinajstić information content (AvgIpc) is 3.50. The van der Waals surface area contributed by atoms with Crippen molar-refractivity contribution in [2.24, 2.45) is 0 Å². The van der Waals surface area contributed by atoms with E-state index in [1.165, 1.54) is 17.3 Å². The van der Waals surface area contributed by atoms with Crippen molar-refractivity contribution in [2.75, 3.05) is 31.6 Å². The van der Waals surface area contributed by atoms with Gasteiger partial charge in [-0.3, -0.25) is 4.79 Å². The van der Waals surface area contributed by atoms with Crippen molar-refractivity contribution in [3.8, 4) is 11.5 Å². The summed E-state index contributed by atoms with van der Waals surface area (Å²) in [6.07, 6.45) is 8.08. The molecule has 3 aliphatic rings. The first kappa shape index (κ1) is 33.4. The van der Waals surface area contributed by atoms with Gasteiger partial charge in [-0.1, -0.05) is 48.5 Å². The van der Waals surface area contributed by atoms with E-state index in [-0.39, 0.29) is 24.6 Å². The SMILES string of the molecule is CCOc1cc(C2C(C(=O)OC3CCCCC3)=C(C)Nc3nc(SCc4ccccc4)nn32)cc(Br)c1OCC(=O)N1CCCCC1. The second-order valence-corrected chi connectivity index (χ2v) is 14.0. The van der Waals surface area contributed by atoms with Gasteiger partial charge >= 0.3 is 5.97 Å². The van der Waals surface area contributed by atoms with Crippen LogP contribution in [0, 0.1) is 0 Å². The van der Waals surface area contributed by atoms with Crippen LogP contribution in [0.5, 0.6) is 11.5 Å². The van der Waals surface area contributed by atoms with Gasteiger partial charge < -0.3 is 24.4 Å². The Labute approximate surface area is 288 Å². The topological polar surface area (TPSA) is 108 Å². The van der Waals surface area contributed by atoms with E-state index in [9.17, 15) is 9.59 Å². The van der Waals surface area contributed by atoms with Gasteiger partial charge in [-0.2, -0.15) is 4.98 Å². The van der Waals surface area contributed by atoms with Crippen molar-refractivity contribution >= 4 is 45.5 Å². The minimum Gasteiger partial charge on any atom is -0.490 e. The van der Waals surface area contributed by atoms with Gasteiger partial charge in [0.1, 0.15) is 12.1 Å². The van der Waals surface area contributed by atoms with Crippen molar-refractivity contribution in [1.29, 1.82) is 0 Å². The molecule has 1 unspecified atom stereocenters. The molecular weight excluding hydrogens is 682 g/mol. The molecule has 1 saturated carbocycles. The van der Waals surface area contributed by atoms with Gasteiger partial charge in [0.2, 0.25) is 11.1 Å². The van der Waals surface area contributed by atoms with E-state index < -0.39 is 6.04 Å². The Morgan fingerprint density at radius 1 is 1.02 bits per heavy atom. The lowest BCUT2D eigenvalue weighted by Gasteiger charge is -2.30. The van der Waals surface area contributed by atoms with E-state index >= 15 is 0 Å². The lowest BCUT2D eigenvalue weighted by molar-refractivity contribution is -0.146. The van der Waals surface area contributed by atoms with Crippen molar-refractivity contribution in [3.05, 3.63) is 69.3 Å². The fourth-order valence-corrected chi connectivity index (χ4v) is 7.76. The highest BCUT2D eigenvalue weighted by atomic mass is 79.9. The Hall–Kier alpha value is -3.51. The van der Waals surface area contributed by atoms with Crippen LogP contribution in [0.3, 0.4) is 0 Å². The maximum absolute atomic E-state index is 14.0. The number of hydrogen-bond acceptors (Lipinski definition) is 9. The molecule has 3 aromatic rings.